The summed E-state index contributed by atoms with van der Waals surface area (Å²) >= 11 is 0. The van der Waals surface area contributed by atoms with Gasteiger partial charge in [-0.15, -0.1) is 12.4 Å². The molecule has 10 heavy (non-hydrogen) atoms. The van der Waals surface area contributed by atoms with Gasteiger partial charge in [0.1, 0.15) is 0 Å². The van der Waals surface area contributed by atoms with Crippen LogP contribution in [0, 0.1) is 0 Å². The molecule has 1 rings (SSSR count). The minimum absolute atomic E-state index is 0. The van der Waals surface area contributed by atoms with E-state index in [9.17, 15) is 4.79 Å². The second kappa shape index (κ2) is 3.75. The van der Waals surface area contributed by atoms with Crippen molar-refractivity contribution in [2.45, 2.75) is 18.6 Å². The Hall–Kier alpha value is -0.320. The van der Waals surface area contributed by atoms with Gasteiger partial charge in [-0.1, -0.05) is 0 Å². The lowest BCUT2D eigenvalue weighted by molar-refractivity contribution is -0.127. The third-order valence-corrected chi connectivity index (χ3v) is 1.42. The fourth-order valence-corrected chi connectivity index (χ4v) is 0.899. The summed E-state index contributed by atoms with van der Waals surface area (Å²) in [5.74, 6) is -0.458. The maximum absolute atomic E-state index is 10.4. The van der Waals surface area contributed by atoms with Crippen molar-refractivity contribution in [1.82, 2.24) is 0 Å². The molecule has 0 aromatic heterocycles. The van der Waals surface area contributed by atoms with E-state index >= 15 is 0 Å². The molecule has 1 saturated heterocycles. The molecule has 0 aromatic rings. The molecule has 60 valence electrons. The lowest BCUT2D eigenvalue weighted by Crippen LogP contribution is -2.40. The smallest absolute Gasteiger partial charge is 0.248 e. The molecule has 1 aliphatic heterocycles. The maximum atomic E-state index is 10.4. The minimum Gasteiger partial charge on any atom is -0.367 e. The van der Waals surface area contributed by atoms with Crippen molar-refractivity contribution >= 4 is 18.3 Å². The van der Waals surface area contributed by atoms with Gasteiger partial charge in [0.25, 0.3) is 0 Å². The van der Waals surface area contributed by atoms with Gasteiger partial charge in [0.2, 0.25) is 5.91 Å². The Morgan fingerprint density at radius 1 is 1.60 bits per heavy atom. The lowest BCUT2D eigenvalue weighted by atomic mass is 10.1. The van der Waals surface area contributed by atoms with Gasteiger partial charge in [-0.25, -0.2) is 0 Å². The van der Waals surface area contributed by atoms with E-state index in [1.165, 1.54) is 0 Å². The van der Waals surface area contributed by atoms with E-state index in [1.807, 2.05) is 0 Å². The van der Waals surface area contributed by atoms with Crippen molar-refractivity contribution in [3.8, 4) is 0 Å². The number of hydrogen-bond acceptors (Lipinski definition) is 3. The van der Waals surface area contributed by atoms with Crippen LogP contribution in [-0.2, 0) is 9.53 Å². The average Bonchev–Trinajstić information content (AvgIpc) is 2.13. The first-order chi connectivity index (χ1) is 4.22. The maximum Gasteiger partial charge on any atom is 0.248 e. The van der Waals surface area contributed by atoms with Crippen LogP contribution in [-0.4, -0.2) is 24.7 Å². The fraction of sp³-hybridized carbons (Fsp3) is 0.800. The van der Waals surface area contributed by atoms with E-state index in [-0.39, 0.29) is 18.4 Å². The number of halogens is 1. The average molecular weight is 167 g/mol. The number of hydrogen-bond donors (Lipinski definition) is 2. The van der Waals surface area contributed by atoms with Crippen LogP contribution >= 0.6 is 12.4 Å². The highest BCUT2D eigenvalue weighted by Crippen LogP contribution is 2.09. The lowest BCUT2D eigenvalue weighted by Gasteiger charge is -2.08. The van der Waals surface area contributed by atoms with Gasteiger partial charge in [0.05, 0.1) is 0 Å². The van der Waals surface area contributed by atoms with Gasteiger partial charge < -0.3 is 16.2 Å². The minimum atomic E-state index is -0.551. The molecule has 0 aromatic carbocycles. The molecule has 4 nitrogen and oxygen atoms in total. The van der Waals surface area contributed by atoms with Crippen LogP contribution in [0.25, 0.3) is 0 Å². The number of primary amides is 1. The molecule has 1 heterocycles. The zero-order chi connectivity index (χ0) is 6.85. The largest absolute Gasteiger partial charge is 0.367 e. The first-order valence-electron chi connectivity index (χ1n) is 2.88. The van der Waals surface area contributed by atoms with Crippen LogP contribution in [0.5, 0.6) is 0 Å². The van der Waals surface area contributed by atoms with Crippen molar-refractivity contribution in [1.29, 1.82) is 0 Å². The Labute approximate surface area is 65.3 Å². The van der Waals surface area contributed by atoms with Crippen molar-refractivity contribution in [3.63, 3.8) is 0 Å². The summed E-state index contributed by atoms with van der Waals surface area (Å²) in [6.45, 7) is 0.550. The zero-order valence-corrected chi connectivity index (χ0v) is 6.26. The van der Waals surface area contributed by atoms with Gasteiger partial charge in [-0.3, -0.25) is 4.79 Å². The molecular weight excluding hydrogens is 156 g/mol. The van der Waals surface area contributed by atoms with Gasteiger partial charge in [-0.2, -0.15) is 0 Å². The first kappa shape index (κ1) is 9.68. The predicted octanol–water partition coefficient (Wildman–Crippen LogP) is -0.990. The Balaban J connectivity index is 0.000000810. The molecule has 1 amide bonds. The summed E-state index contributed by atoms with van der Waals surface area (Å²) in [6, 6.07) is -0.192. The number of carbonyl (C=O) groups excluding carboxylic acids is 1. The van der Waals surface area contributed by atoms with Crippen LogP contribution in [0.15, 0.2) is 0 Å². The summed E-state index contributed by atoms with van der Waals surface area (Å²) in [6.07, 6.45) is 0.179. The molecule has 0 radical (unpaired) electrons. The van der Waals surface area contributed by atoms with Crippen LogP contribution in [0.2, 0.25) is 0 Å². The molecule has 5 heteroatoms. The van der Waals surface area contributed by atoms with E-state index in [4.69, 9.17) is 16.2 Å². The van der Waals surface area contributed by atoms with Crippen molar-refractivity contribution in [3.05, 3.63) is 0 Å². The highest BCUT2D eigenvalue weighted by molar-refractivity contribution is 5.85. The summed E-state index contributed by atoms with van der Waals surface area (Å²) in [5.41, 5.74) is 10.4. The van der Waals surface area contributed by atoms with Crippen LogP contribution in [0.1, 0.15) is 6.42 Å². The molecule has 2 atom stereocenters. The Morgan fingerprint density at radius 3 is 2.40 bits per heavy atom. The third-order valence-electron chi connectivity index (χ3n) is 1.42. The molecule has 0 saturated carbocycles. The topological polar surface area (TPSA) is 78.3 Å². The second-order valence-corrected chi connectivity index (χ2v) is 2.15. The van der Waals surface area contributed by atoms with E-state index < -0.39 is 12.0 Å². The third kappa shape index (κ3) is 1.83. The van der Waals surface area contributed by atoms with Crippen molar-refractivity contribution in [2.75, 3.05) is 6.61 Å². The van der Waals surface area contributed by atoms with E-state index in [0.717, 1.165) is 6.42 Å². The Bertz CT molecular complexity index is 131. The van der Waals surface area contributed by atoms with Crippen LogP contribution in [0.3, 0.4) is 0 Å². The molecule has 1 fully saturated rings. The Morgan fingerprint density at radius 2 is 2.20 bits per heavy atom. The zero-order valence-electron chi connectivity index (χ0n) is 5.45. The number of rotatable bonds is 1. The molecular formula is C5H11ClN2O2. The number of nitrogens with two attached hydrogens (primary N) is 2. The highest BCUT2D eigenvalue weighted by atomic mass is 35.5. The van der Waals surface area contributed by atoms with Gasteiger partial charge >= 0.3 is 0 Å². The number of carbonyl (C=O) groups is 1. The summed E-state index contributed by atoms with van der Waals surface area (Å²) in [7, 11) is 0. The monoisotopic (exact) mass is 166 g/mol. The molecule has 1 aliphatic rings. The van der Waals surface area contributed by atoms with Crippen molar-refractivity contribution in [2.24, 2.45) is 11.5 Å². The summed E-state index contributed by atoms with van der Waals surface area (Å²) in [5, 5.41) is 0. The molecule has 0 unspecified atom stereocenters. The van der Waals surface area contributed by atoms with Gasteiger partial charge in [0.15, 0.2) is 6.10 Å². The van der Waals surface area contributed by atoms with Crippen LogP contribution in [0.4, 0.5) is 0 Å². The van der Waals surface area contributed by atoms with Gasteiger partial charge in [0, 0.05) is 12.6 Å². The van der Waals surface area contributed by atoms with Gasteiger partial charge in [-0.05, 0) is 6.42 Å². The molecule has 4 N–H and O–H groups in total. The van der Waals surface area contributed by atoms with Crippen LogP contribution < -0.4 is 11.5 Å². The van der Waals surface area contributed by atoms with Crippen molar-refractivity contribution < 1.29 is 9.53 Å². The standard InChI is InChI=1S/C5H10N2O2.ClH/c6-3-1-2-9-4(3)5(7)8;/h3-4H,1-2,6H2,(H2,7,8);1H/t3-,4+;/m1./s1. The SMILES string of the molecule is Cl.NC(=O)[C@H]1OCC[C@H]1N. The quantitative estimate of drug-likeness (QED) is 0.525. The first-order valence-corrected chi connectivity index (χ1v) is 2.88. The molecule has 0 spiro atoms. The van der Waals surface area contributed by atoms with E-state index in [2.05, 4.69) is 0 Å². The fourth-order valence-electron chi connectivity index (χ4n) is 0.899. The number of ether oxygens (including phenoxy) is 1. The number of amides is 1. The molecule has 0 aliphatic carbocycles. The molecule has 0 bridgehead atoms. The Kier molecular flexibility index (Phi) is 3.63. The summed E-state index contributed by atoms with van der Waals surface area (Å²) in [4.78, 5) is 10.4. The normalized spacial score (nSPS) is 31.3. The second-order valence-electron chi connectivity index (χ2n) is 2.15. The van der Waals surface area contributed by atoms with E-state index in [0.29, 0.717) is 6.61 Å². The predicted molar refractivity (Wildman–Crippen MR) is 38.8 cm³/mol. The summed E-state index contributed by atoms with van der Waals surface area (Å²) < 4.78 is 4.93. The highest BCUT2D eigenvalue weighted by Gasteiger charge is 2.29. The van der Waals surface area contributed by atoms with E-state index in [1.54, 1.807) is 0 Å².